The quantitative estimate of drug-likeness (QED) is 0.603. The van der Waals surface area contributed by atoms with Crippen molar-refractivity contribution in [2.24, 2.45) is 0 Å². The van der Waals surface area contributed by atoms with E-state index in [0.717, 1.165) is 41.4 Å². The first-order valence-corrected chi connectivity index (χ1v) is 11.0. The second-order valence-electron chi connectivity index (χ2n) is 7.22. The predicted octanol–water partition coefficient (Wildman–Crippen LogP) is 3.30. The lowest BCUT2D eigenvalue weighted by Crippen LogP contribution is -2.50. The number of fused-ring (bicyclic) bond motifs is 1. The van der Waals surface area contributed by atoms with Gasteiger partial charge in [0.25, 0.3) is 5.91 Å². The fraction of sp³-hybridized carbons (Fsp3) is 0.409. The Morgan fingerprint density at radius 3 is 2.63 bits per heavy atom. The fourth-order valence-electron chi connectivity index (χ4n) is 3.57. The summed E-state index contributed by atoms with van der Waals surface area (Å²) >= 11 is 1.73. The van der Waals surface area contributed by atoms with Crippen molar-refractivity contribution in [1.29, 1.82) is 0 Å². The molecule has 1 aliphatic rings. The van der Waals surface area contributed by atoms with Crippen LogP contribution in [0, 0.1) is 6.92 Å². The van der Waals surface area contributed by atoms with Gasteiger partial charge in [-0.2, -0.15) is 0 Å². The van der Waals surface area contributed by atoms with E-state index in [4.69, 9.17) is 14.5 Å². The standard InChI is InChI=1S/C22H26N4O3S/c1-4-18-13-19-21(23-15(2)24-22(19)30-18)26-10-8-25(9-11-26)20(27)14-29-17-7-5-6-16(12-17)28-3/h5-7,12-13H,4,8-11,14H2,1-3H3. The van der Waals surface area contributed by atoms with E-state index >= 15 is 0 Å². The summed E-state index contributed by atoms with van der Waals surface area (Å²) in [4.78, 5) is 28.4. The third-order valence-electron chi connectivity index (χ3n) is 5.22. The van der Waals surface area contributed by atoms with Gasteiger partial charge in [0.05, 0.1) is 12.5 Å². The van der Waals surface area contributed by atoms with Gasteiger partial charge in [-0.1, -0.05) is 13.0 Å². The van der Waals surface area contributed by atoms with Crippen molar-refractivity contribution in [3.8, 4) is 11.5 Å². The molecular formula is C22H26N4O3S. The molecular weight excluding hydrogens is 400 g/mol. The highest BCUT2D eigenvalue weighted by Crippen LogP contribution is 2.31. The predicted molar refractivity (Wildman–Crippen MR) is 119 cm³/mol. The number of hydrogen-bond acceptors (Lipinski definition) is 7. The zero-order chi connectivity index (χ0) is 21.1. The maximum atomic E-state index is 12.6. The van der Waals surface area contributed by atoms with Crippen molar-refractivity contribution in [3.05, 3.63) is 41.0 Å². The molecule has 1 aliphatic heterocycles. The summed E-state index contributed by atoms with van der Waals surface area (Å²) in [6.45, 7) is 6.90. The van der Waals surface area contributed by atoms with Crippen LogP contribution in [0.4, 0.5) is 5.82 Å². The number of aromatic nitrogens is 2. The molecule has 30 heavy (non-hydrogen) atoms. The van der Waals surface area contributed by atoms with Gasteiger partial charge in [0.1, 0.15) is 28.0 Å². The number of nitrogens with zero attached hydrogens (tertiary/aromatic N) is 4. The molecule has 7 nitrogen and oxygen atoms in total. The molecule has 1 aromatic carbocycles. The van der Waals surface area contributed by atoms with E-state index in [1.165, 1.54) is 4.88 Å². The van der Waals surface area contributed by atoms with Gasteiger partial charge < -0.3 is 19.3 Å². The van der Waals surface area contributed by atoms with Gasteiger partial charge in [-0.15, -0.1) is 11.3 Å². The molecule has 3 aromatic rings. The Balaban J connectivity index is 1.38. The summed E-state index contributed by atoms with van der Waals surface area (Å²) < 4.78 is 10.8. The number of carbonyl (C=O) groups excluding carboxylic acids is 1. The Morgan fingerprint density at radius 1 is 1.13 bits per heavy atom. The number of thiophene rings is 1. The Bertz CT molecular complexity index is 1040. The van der Waals surface area contributed by atoms with Gasteiger partial charge >= 0.3 is 0 Å². The van der Waals surface area contributed by atoms with Crippen LogP contribution < -0.4 is 14.4 Å². The van der Waals surface area contributed by atoms with Gasteiger partial charge in [-0.05, 0) is 31.5 Å². The van der Waals surface area contributed by atoms with E-state index in [2.05, 4.69) is 22.9 Å². The first-order chi connectivity index (χ1) is 14.6. The fourth-order valence-corrected chi connectivity index (χ4v) is 4.58. The molecule has 8 heteroatoms. The zero-order valence-electron chi connectivity index (χ0n) is 17.6. The van der Waals surface area contributed by atoms with Crippen molar-refractivity contribution < 1.29 is 14.3 Å². The van der Waals surface area contributed by atoms with Gasteiger partial charge in [-0.25, -0.2) is 9.97 Å². The highest BCUT2D eigenvalue weighted by atomic mass is 32.1. The summed E-state index contributed by atoms with van der Waals surface area (Å²) in [6.07, 6.45) is 0.995. The maximum absolute atomic E-state index is 12.6. The first-order valence-electron chi connectivity index (χ1n) is 10.1. The number of piperazine rings is 1. The van der Waals surface area contributed by atoms with Crippen molar-refractivity contribution in [3.63, 3.8) is 0 Å². The Kier molecular flexibility index (Phi) is 6.03. The van der Waals surface area contributed by atoms with E-state index in [-0.39, 0.29) is 12.5 Å². The van der Waals surface area contributed by atoms with Gasteiger partial charge in [0.2, 0.25) is 0 Å². The number of amides is 1. The minimum Gasteiger partial charge on any atom is -0.497 e. The van der Waals surface area contributed by atoms with Crippen molar-refractivity contribution >= 4 is 33.3 Å². The number of aryl methyl sites for hydroxylation is 2. The van der Waals surface area contributed by atoms with Crippen LogP contribution in [0.5, 0.6) is 11.5 Å². The number of rotatable bonds is 6. The van der Waals surface area contributed by atoms with Gasteiger partial charge in [-0.3, -0.25) is 4.79 Å². The minimum atomic E-state index is -0.00899. The van der Waals surface area contributed by atoms with Crippen LogP contribution in [-0.2, 0) is 11.2 Å². The van der Waals surface area contributed by atoms with E-state index in [1.54, 1.807) is 24.5 Å². The van der Waals surface area contributed by atoms with Crippen LogP contribution in [0.3, 0.4) is 0 Å². The highest BCUT2D eigenvalue weighted by Gasteiger charge is 2.24. The Labute approximate surface area is 180 Å². The number of benzene rings is 1. The summed E-state index contributed by atoms with van der Waals surface area (Å²) in [6, 6.07) is 9.49. The molecule has 2 aromatic heterocycles. The molecule has 3 heterocycles. The monoisotopic (exact) mass is 426 g/mol. The van der Waals surface area contributed by atoms with Gasteiger partial charge in [0, 0.05) is 37.1 Å². The molecule has 0 N–H and O–H groups in total. The molecule has 0 radical (unpaired) electrons. The first kappa shape index (κ1) is 20.4. The molecule has 4 rings (SSSR count). The average molecular weight is 427 g/mol. The number of anilines is 1. The van der Waals surface area contributed by atoms with Crippen LogP contribution in [-0.4, -0.2) is 60.7 Å². The number of carbonyl (C=O) groups is 1. The molecule has 0 saturated carbocycles. The normalized spacial score (nSPS) is 14.2. The summed E-state index contributed by atoms with van der Waals surface area (Å²) in [5.41, 5.74) is 0. The second kappa shape index (κ2) is 8.87. The lowest BCUT2D eigenvalue weighted by atomic mass is 10.2. The molecule has 158 valence electrons. The highest BCUT2D eigenvalue weighted by molar-refractivity contribution is 7.18. The molecule has 0 unspecified atom stereocenters. The van der Waals surface area contributed by atoms with E-state index < -0.39 is 0 Å². The van der Waals surface area contributed by atoms with Crippen LogP contribution in [0.15, 0.2) is 30.3 Å². The molecule has 0 bridgehead atoms. The zero-order valence-corrected chi connectivity index (χ0v) is 18.4. The van der Waals surface area contributed by atoms with Crippen molar-refractivity contribution in [2.75, 3.05) is 44.8 Å². The lowest BCUT2D eigenvalue weighted by molar-refractivity contribution is -0.133. The number of ether oxygens (including phenoxy) is 2. The Hall–Kier alpha value is -2.87. The topological polar surface area (TPSA) is 67.8 Å². The molecule has 1 amide bonds. The van der Waals surface area contributed by atoms with Crippen LogP contribution >= 0.6 is 11.3 Å². The average Bonchev–Trinajstić information content (AvgIpc) is 3.20. The van der Waals surface area contributed by atoms with E-state index in [9.17, 15) is 4.79 Å². The minimum absolute atomic E-state index is 0.00899. The van der Waals surface area contributed by atoms with Gasteiger partial charge in [0.15, 0.2) is 6.61 Å². The smallest absolute Gasteiger partial charge is 0.260 e. The van der Waals surface area contributed by atoms with Crippen LogP contribution in [0.2, 0.25) is 0 Å². The molecule has 0 atom stereocenters. The molecule has 1 fully saturated rings. The largest absolute Gasteiger partial charge is 0.497 e. The maximum Gasteiger partial charge on any atom is 0.260 e. The molecule has 0 aliphatic carbocycles. The summed E-state index contributed by atoms with van der Waals surface area (Å²) in [7, 11) is 1.61. The Morgan fingerprint density at radius 2 is 1.90 bits per heavy atom. The summed E-state index contributed by atoms with van der Waals surface area (Å²) in [5, 5.41) is 1.11. The lowest BCUT2D eigenvalue weighted by Gasteiger charge is -2.35. The molecule has 1 saturated heterocycles. The number of hydrogen-bond donors (Lipinski definition) is 0. The molecule has 0 spiro atoms. The van der Waals surface area contributed by atoms with E-state index in [1.807, 2.05) is 30.0 Å². The summed E-state index contributed by atoms with van der Waals surface area (Å²) in [5.74, 6) is 3.09. The van der Waals surface area contributed by atoms with Crippen molar-refractivity contribution in [2.45, 2.75) is 20.3 Å². The third-order valence-corrected chi connectivity index (χ3v) is 6.39. The van der Waals surface area contributed by atoms with Crippen molar-refractivity contribution in [1.82, 2.24) is 14.9 Å². The van der Waals surface area contributed by atoms with Crippen LogP contribution in [0.1, 0.15) is 17.6 Å². The van der Waals surface area contributed by atoms with E-state index in [0.29, 0.717) is 24.6 Å². The third kappa shape index (κ3) is 4.33. The van der Waals surface area contributed by atoms with Crippen LogP contribution in [0.25, 0.3) is 10.2 Å². The number of methoxy groups -OCH3 is 1. The SMILES string of the molecule is CCc1cc2c(N3CCN(C(=O)COc4cccc(OC)c4)CC3)nc(C)nc2s1. The second-order valence-corrected chi connectivity index (χ2v) is 8.33.